The SMILES string of the molecule is CC(C)(O)CNC(=N)/C(N)=C(/C=C(\N)c1ccc(F)cc1O)NC1CCNCC1. The number of hydrogen-bond acceptors (Lipinski definition) is 7. The first kappa shape index (κ1) is 22.5. The fourth-order valence-electron chi connectivity index (χ4n) is 2.90. The smallest absolute Gasteiger partial charge is 0.143 e. The highest BCUT2D eigenvalue weighted by molar-refractivity contribution is 5.96. The van der Waals surface area contributed by atoms with Crippen molar-refractivity contribution in [2.75, 3.05) is 19.6 Å². The molecule has 29 heavy (non-hydrogen) atoms. The van der Waals surface area contributed by atoms with E-state index in [0.29, 0.717) is 5.70 Å². The van der Waals surface area contributed by atoms with Crippen molar-refractivity contribution in [3.63, 3.8) is 0 Å². The number of rotatable bonds is 7. The van der Waals surface area contributed by atoms with Crippen LogP contribution in [-0.2, 0) is 0 Å². The van der Waals surface area contributed by atoms with Crippen LogP contribution in [0.25, 0.3) is 5.70 Å². The Morgan fingerprint density at radius 1 is 1.34 bits per heavy atom. The lowest BCUT2D eigenvalue weighted by Gasteiger charge is -2.27. The molecule has 0 unspecified atom stereocenters. The zero-order chi connectivity index (χ0) is 21.6. The van der Waals surface area contributed by atoms with E-state index < -0.39 is 11.4 Å². The summed E-state index contributed by atoms with van der Waals surface area (Å²) in [5, 5.41) is 37.5. The van der Waals surface area contributed by atoms with E-state index in [-0.39, 0.29) is 41.1 Å². The second-order valence-electron chi connectivity index (χ2n) is 7.80. The van der Waals surface area contributed by atoms with Crippen LogP contribution >= 0.6 is 0 Å². The van der Waals surface area contributed by atoms with E-state index in [1.54, 1.807) is 13.8 Å². The lowest BCUT2D eigenvalue weighted by Crippen LogP contribution is -2.43. The van der Waals surface area contributed by atoms with Crippen molar-refractivity contribution >= 4 is 11.5 Å². The number of phenolic OH excluding ortho intramolecular Hbond substituents is 1. The molecule has 0 saturated carbocycles. The van der Waals surface area contributed by atoms with Gasteiger partial charge in [0, 0.05) is 29.9 Å². The summed E-state index contributed by atoms with van der Waals surface area (Å²) in [6, 6.07) is 3.70. The standard InChI is InChI=1S/C20H31FN6O2/c1-20(2,29)11-26-19(24)18(23)16(27-13-5-7-25-8-6-13)10-15(22)14-4-3-12(21)9-17(14)28/h3-4,9-10,13,25,27-29H,5-8,11,22-23H2,1-2H3,(H2,24,26)/b15-10-,18-16+. The summed E-state index contributed by atoms with van der Waals surface area (Å²) < 4.78 is 13.3. The molecule has 1 heterocycles. The molecule has 2 rings (SSSR count). The Labute approximate surface area is 170 Å². The number of halogens is 1. The quantitative estimate of drug-likeness (QED) is 0.188. The number of aromatic hydroxyl groups is 1. The first-order valence-corrected chi connectivity index (χ1v) is 9.55. The van der Waals surface area contributed by atoms with Crippen molar-refractivity contribution in [2.24, 2.45) is 11.5 Å². The van der Waals surface area contributed by atoms with E-state index in [2.05, 4.69) is 16.0 Å². The van der Waals surface area contributed by atoms with E-state index in [9.17, 15) is 14.6 Å². The third-order valence-electron chi connectivity index (χ3n) is 4.53. The third kappa shape index (κ3) is 6.95. The molecule has 0 spiro atoms. The average molecular weight is 407 g/mol. The topological polar surface area (TPSA) is 152 Å². The highest BCUT2D eigenvalue weighted by atomic mass is 19.1. The van der Waals surface area contributed by atoms with E-state index in [1.165, 1.54) is 18.2 Å². The Bertz CT molecular complexity index is 795. The molecule has 1 aromatic carbocycles. The van der Waals surface area contributed by atoms with Crippen molar-refractivity contribution < 1.29 is 14.6 Å². The van der Waals surface area contributed by atoms with Gasteiger partial charge in [-0.15, -0.1) is 0 Å². The summed E-state index contributed by atoms with van der Waals surface area (Å²) in [5.74, 6) is -0.913. The van der Waals surface area contributed by atoms with Gasteiger partial charge in [-0.05, 0) is 58.0 Å². The van der Waals surface area contributed by atoms with Gasteiger partial charge in [0.1, 0.15) is 17.4 Å². The van der Waals surface area contributed by atoms with Gasteiger partial charge < -0.3 is 37.6 Å². The van der Waals surface area contributed by atoms with Gasteiger partial charge in [-0.1, -0.05) is 0 Å². The number of amidine groups is 1. The molecule has 1 aromatic rings. The molecule has 9 heteroatoms. The van der Waals surface area contributed by atoms with Gasteiger partial charge in [0.15, 0.2) is 0 Å². The Kier molecular flexibility index (Phi) is 7.46. The minimum absolute atomic E-state index is 0.0593. The molecule has 1 fully saturated rings. The Hall–Kier alpha value is -2.78. The van der Waals surface area contributed by atoms with Crippen molar-refractivity contribution in [1.29, 1.82) is 5.41 Å². The van der Waals surface area contributed by atoms with E-state index >= 15 is 0 Å². The van der Waals surface area contributed by atoms with Crippen molar-refractivity contribution in [1.82, 2.24) is 16.0 Å². The summed E-state index contributed by atoms with van der Waals surface area (Å²) in [7, 11) is 0. The number of piperidine rings is 1. The number of allylic oxidation sites excluding steroid dienone is 1. The molecule has 8 nitrogen and oxygen atoms in total. The maximum atomic E-state index is 13.3. The van der Waals surface area contributed by atoms with Gasteiger partial charge in [-0.3, -0.25) is 5.41 Å². The summed E-state index contributed by atoms with van der Waals surface area (Å²) >= 11 is 0. The largest absolute Gasteiger partial charge is 0.507 e. The summed E-state index contributed by atoms with van der Waals surface area (Å²) in [6.07, 6.45) is 3.28. The average Bonchev–Trinajstić information content (AvgIpc) is 2.65. The first-order chi connectivity index (χ1) is 13.6. The summed E-state index contributed by atoms with van der Waals surface area (Å²) in [4.78, 5) is 0. The number of phenols is 1. The monoisotopic (exact) mass is 406 g/mol. The second-order valence-corrected chi connectivity index (χ2v) is 7.80. The molecule has 1 aliphatic heterocycles. The predicted molar refractivity (Wildman–Crippen MR) is 112 cm³/mol. The number of nitrogens with two attached hydrogens (primary N) is 2. The molecular formula is C20H31FN6O2. The van der Waals surface area contributed by atoms with Gasteiger partial charge in [0.05, 0.1) is 17.0 Å². The number of aliphatic hydroxyl groups is 1. The van der Waals surface area contributed by atoms with Gasteiger partial charge in [-0.2, -0.15) is 0 Å². The van der Waals surface area contributed by atoms with Gasteiger partial charge in [-0.25, -0.2) is 4.39 Å². The van der Waals surface area contributed by atoms with Crippen LogP contribution in [0.15, 0.2) is 35.7 Å². The fraction of sp³-hybridized carbons (Fsp3) is 0.450. The highest BCUT2D eigenvalue weighted by Gasteiger charge is 2.18. The van der Waals surface area contributed by atoms with Crippen LogP contribution in [0.5, 0.6) is 5.75 Å². The Morgan fingerprint density at radius 2 is 2.00 bits per heavy atom. The molecule has 1 aliphatic rings. The molecule has 10 N–H and O–H groups in total. The van der Waals surface area contributed by atoms with E-state index in [0.717, 1.165) is 32.0 Å². The fourth-order valence-corrected chi connectivity index (χ4v) is 2.90. The van der Waals surface area contributed by atoms with Gasteiger partial charge in [0.25, 0.3) is 0 Å². The molecule has 0 radical (unpaired) electrons. The number of nitrogens with one attached hydrogen (secondary N) is 4. The molecule has 0 atom stereocenters. The maximum absolute atomic E-state index is 13.3. The van der Waals surface area contributed by atoms with Crippen LogP contribution in [0.1, 0.15) is 32.3 Å². The zero-order valence-corrected chi connectivity index (χ0v) is 16.8. The van der Waals surface area contributed by atoms with Crippen LogP contribution in [0.2, 0.25) is 0 Å². The van der Waals surface area contributed by atoms with E-state index in [4.69, 9.17) is 16.9 Å². The van der Waals surface area contributed by atoms with Gasteiger partial charge >= 0.3 is 0 Å². The van der Waals surface area contributed by atoms with Crippen LogP contribution in [0.4, 0.5) is 4.39 Å². The van der Waals surface area contributed by atoms with E-state index in [1.807, 2.05) is 0 Å². The minimum atomic E-state index is -1.01. The van der Waals surface area contributed by atoms with Gasteiger partial charge in [0.2, 0.25) is 0 Å². The van der Waals surface area contributed by atoms with Crippen molar-refractivity contribution in [2.45, 2.75) is 38.3 Å². The van der Waals surface area contributed by atoms with Crippen LogP contribution < -0.4 is 27.4 Å². The second kappa shape index (κ2) is 9.62. The van der Waals surface area contributed by atoms with Crippen molar-refractivity contribution in [3.05, 3.63) is 47.0 Å². The molecule has 0 bridgehead atoms. The third-order valence-corrected chi connectivity index (χ3v) is 4.53. The number of benzene rings is 1. The number of hydrogen-bond donors (Lipinski definition) is 8. The Balaban J connectivity index is 2.33. The van der Waals surface area contributed by atoms with Crippen LogP contribution in [-0.4, -0.2) is 47.3 Å². The molecule has 160 valence electrons. The van der Waals surface area contributed by atoms with Crippen LogP contribution in [0, 0.1) is 11.2 Å². The molecule has 0 amide bonds. The first-order valence-electron chi connectivity index (χ1n) is 9.55. The molecule has 0 aliphatic carbocycles. The minimum Gasteiger partial charge on any atom is -0.507 e. The molecule has 0 aromatic heterocycles. The maximum Gasteiger partial charge on any atom is 0.143 e. The normalized spacial score (nSPS) is 16.9. The predicted octanol–water partition coefficient (Wildman–Crippen LogP) is 0.681. The summed E-state index contributed by atoms with van der Waals surface area (Å²) in [6.45, 7) is 5.10. The molecule has 1 saturated heterocycles. The van der Waals surface area contributed by atoms with Crippen molar-refractivity contribution in [3.8, 4) is 5.75 Å². The summed E-state index contributed by atoms with van der Waals surface area (Å²) in [5.41, 5.74) is 12.3. The highest BCUT2D eigenvalue weighted by Crippen LogP contribution is 2.24. The Morgan fingerprint density at radius 3 is 2.59 bits per heavy atom. The lowest BCUT2D eigenvalue weighted by atomic mass is 10.0. The zero-order valence-electron chi connectivity index (χ0n) is 16.8. The lowest BCUT2D eigenvalue weighted by molar-refractivity contribution is 0.0849. The van der Waals surface area contributed by atoms with Crippen LogP contribution in [0.3, 0.4) is 0 Å². The molecular weight excluding hydrogens is 375 g/mol.